The molecule has 0 radical (unpaired) electrons. The van der Waals surface area contributed by atoms with Gasteiger partial charge >= 0.3 is 11.9 Å². The van der Waals surface area contributed by atoms with Crippen LogP contribution in [0.2, 0.25) is 0 Å². The Balaban J connectivity index is 3.87. The molecule has 0 aliphatic heterocycles. The number of allylic oxidation sites excluding steroid dienone is 8. The molecule has 0 amide bonds. The number of unbranched alkanes of at least 4 members (excludes halogenated alkanes) is 46. The van der Waals surface area contributed by atoms with Gasteiger partial charge in [0, 0.05) is 12.8 Å². The molecule has 0 fully saturated rings. The maximum Gasteiger partial charge on any atom is 0.306 e. The van der Waals surface area contributed by atoms with Gasteiger partial charge in [-0.1, -0.05) is 319 Å². The van der Waals surface area contributed by atoms with E-state index in [1.165, 1.54) is 283 Å². The van der Waals surface area contributed by atoms with Crippen LogP contribution >= 0.6 is 7.82 Å². The third-order valence-corrected chi connectivity index (χ3v) is 17.3. The molecule has 0 rings (SSSR count). The lowest BCUT2D eigenvalue weighted by Crippen LogP contribution is -2.37. The summed E-state index contributed by atoms with van der Waals surface area (Å²) in [6, 6.07) is 0. The largest absolute Gasteiger partial charge is 0.756 e. The number of hydrogen-bond donors (Lipinski definition) is 0. The van der Waals surface area contributed by atoms with Crippen molar-refractivity contribution in [1.82, 2.24) is 0 Å². The molecule has 84 heavy (non-hydrogen) atoms. The summed E-state index contributed by atoms with van der Waals surface area (Å²) in [5, 5.41) is 0. The van der Waals surface area contributed by atoms with Gasteiger partial charge in [-0.2, -0.15) is 0 Å². The van der Waals surface area contributed by atoms with Gasteiger partial charge in [-0.15, -0.1) is 0 Å². The van der Waals surface area contributed by atoms with Crippen molar-refractivity contribution in [2.24, 2.45) is 0 Å². The lowest BCUT2D eigenvalue weighted by Gasteiger charge is -2.28. The van der Waals surface area contributed by atoms with Crippen molar-refractivity contribution < 1.29 is 42.1 Å². The van der Waals surface area contributed by atoms with Gasteiger partial charge < -0.3 is 27.9 Å². The van der Waals surface area contributed by atoms with Gasteiger partial charge in [-0.05, 0) is 77.0 Å². The molecule has 0 saturated heterocycles. The molecule has 0 aromatic rings. The van der Waals surface area contributed by atoms with Crippen LogP contribution in [-0.4, -0.2) is 70.0 Å². The zero-order valence-corrected chi connectivity index (χ0v) is 57.3. The minimum absolute atomic E-state index is 0.0298. The molecule has 0 spiro atoms. The van der Waals surface area contributed by atoms with Crippen LogP contribution in [0.15, 0.2) is 48.6 Å². The molecule has 2 unspecified atom stereocenters. The van der Waals surface area contributed by atoms with Crippen molar-refractivity contribution >= 4 is 19.8 Å². The molecule has 10 heteroatoms. The first-order chi connectivity index (χ1) is 41.0. The first-order valence-electron chi connectivity index (χ1n) is 36.3. The maximum absolute atomic E-state index is 12.9. The van der Waals surface area contributed by atoms with E-state index < -0.39 is 26.5 Å². The van der Waals surface area contributed by atoms with Gasteiger partial charge in [0.2, 0.25) is 0 Å². The van der Waals surface area contributed by atoms with Gasteiger partial charge in [0.1, 0.15) is 19.8 Å². The number of phosphoric ester groups is 1. The molecule has 0 aromatic heterocycles. The van der Waals surface area contributed by atoms with Crippen molar-refractivity contribution in [1.29, 1.82) is 0 Å². The Hall–Kier alpha value is -2.03. The molecule has 9 nitrogen and oxygen atoms in total. The van der Waals surface area contributed by atoms with Crippen molar-refractivity contribution in [3.05, 3.63) is 48.6 Å². The predicted molar refractivity (Wildman–Crippen MR) is 360 cm³/mol. The van der Waals surface area contributed by atoms with Crippen molar-refractivity contribution in [3.63, 3.8) is 0 Å². The van der Waals surface area contributed by atoms with E-state index in [2.05, 4.69) is 62.5 Å². The third kappa shape index (κ3) is 69.1. The van der Waals surface area contributed by atoms with E-state index in [0.29, 0.717) is 17.4 Å². The number of rotatable bonds is 68. The molecule has 2 atom stereocenters. The summed E-state index contributed by atoms with van der Waals surface area (Å²) in [4.78, 5) is 38.0. The van der Waals surface area contributed by atoms with E-state index in [1.54, 1.807) is 0 Å². The highest BCUT2D eigenvalue weighted by Crippen LogP contribution is 2.38. The number of hydrogen-bond acceptors (Lipinski definition) is 8. The van der Waals surface area contributed by atoms with Crippen molar-refractivity contribution in [2.45, 2.75) is 367 Å². The fourth-order valence-corrected chi connectivity index (χ4v) is 11.5. The number of phosphoric acid groups is 1. The predicted octanol–water partition coefficient (Wildman–Crippen LogP) is 23.0. The molecule has 0 aromatic carbocycles. The van der Waals surface area contributed by atoms with E-state index in [-0.39, 0.29) is 32.0 Å². The van der Waals surface area contributed by atoms with Gasteiger partial charge in [0.15, 0.2) is 6.10 Å². The maximum atomic E-state index is 12.9. The first-order valence-corrected chi connectivity index (χ1v) is 37.8. The number of quaternary nitrogens is 1. The number of nitrogens with zero attached hydrogens (tertiary/aromatic N) is 1. The summed E-state index contributed by atoms with van der Waals surface area (Å²) >= 11 is 0. The van der Waals surface area contributed by atoms with Crippen molar-refractivity contribution in [2.75, 3.05) is 47.5 Å². The number of carbonyl (C=O) groups excluding carboxylic acids is 2. The normalized spacial score (nSPS) is 13.4. The first kappa shape index (κ1) is 82.0. The van der Waals surface area contributed by atoms with Crippen LogP contribution in [0.3, 0.4) is 0 Å². The Labute approximate surface area is 522 Å². The Bertz CT molecular complexity index is 1560. The highest BCUT2D eigenvalue weighted by Gasteiger charge is 2.22. The fraction of sp³-hybridized carbons (Fsp3) is 0.865. The van der Waals surface area contributed by atoms with Gasteiger partial charge in [0.05, 0.1) is 27.7 Å². The molecule has 0 aliphatic carbocycles. The van der Waals surface area contributed by atoms with Crippen LogP contribution in [-0.2, 0) is 32.7 Å². The van der Waals surface area contributed by atoms with Gasteiger partial charge in [-0.3, -0.25) is 14.2 Å². The average molecular weight is 1200 g/mol. The number of ether oxygens (including phenoxy) is 2. The zero-order chi connectivity index (χ0) is 61.2. The highest BCUT2D eigenvalue weighted by atomic mass is 31.2. The zero-order valence-electron chi connectivity index (χ0n) is 56.4. The molecule has 0 bridgehead atoms. The van der Waals surface area contributed by atoms with E-state index in [4.69, 9.17) is 18.5 Å². The van der Waals surface area contributed by atoms with E-state index in [0.717, 1.165) is 44.9 Å². The molecular formula is C74H140NO8P. The monoisotopic (exact) mass is 1200 g/mol. The minimum Gasteiger partial charge on any atom is -0.756 e. The van der Waals surface area contributed by atoms with Gasteiger partial charge in [-0.25, -0.2) is 0 Å². The number of likely N-dealkylation sites (N-methyl/N-ethyl adjacent to an activating group) is 1. The summed E-state index contributed by atoms with van der Waals surface area (Å²) in [7, 11) is 1.18. The van der Waals surface area contributed by atoms with E-state index >= 15 is 0 Å². The Kier molecular flexibility index (Phi) is 63.8. The Morgan fingerprint density at radius 3 is 0.964 bits per heavy atom. The molecule has 0 aliphatic rings. The topological polar surface area (TPSA) is 111 Å². The van der Waals surface area contributed by atoms with Crippen LogP contribution in [0.1, 0.15) is 361 Å². The lowest BCUT2D eigenvalue weighted by atomic mass is 10.0. The van der Waals surface area contributed by atoms with Crippen molar-refractivity contribution in [3.8, 4) is 0 Å². The minimum atomic E-state index is -4.64. The number of esters is 2. The Morgan fingerprint density at radius 1 is 0.369 bits per heavy atom. The second-order valence-electron chi connectivity index (χ2n) is 26.0. The number of carbonyl (C=O) groups is 2. The second kappa shape index (κ2) is 65.4. The van der Waals surface area contributed by atoms with Crippen LogP contribution in [0.5, 0.6) is 0 Å². The summed E-state index contributed by atoms with van der Waals surface area (Å²) in [6.45, 7) is 4.25. The summed E-state index contributed by atoms with van der Waals surface area (Å²) < 4.78 is 34.3. The van der Waals surface area contributed by atoms with Crippen LogP contribution in [0.4, 0.5) is 0 Å². The van der Waals surface area contributed by atoms with Crippen LogP contribution < -0.4 is 4.89 Å². The van der Waals surface area contributed by atoms with Crippen LogP contribution in [0, 0.1) is 0 Å². The Morgan fingerprint density at radius 2 is 0.643 bits per heavy atom. The second-order valence-corrected chi connectivity index (χ2v) is 27.4. The lowest BCUT2D eigenvalue weighted by molar-refractivity contribution is -0.870. The summed E-state index contributed by atoms with van der Waals surface area (Å²) in [5.41, 5.74) is 0. The third-order valence-electron chi connectivity index (χ3n) is 16.3. The van der Waals surface area contributed by atoms with Crippen LogP contribution in [0.25, 0.3) is 0 Å². The standard InChI is InChI=1S/C74H140NO8P/c1-6-8-10-12-14-16-18-20-22-24-26-27-28-29-30-31-32-33-34-35-36-37-38-39-40-41-42-43-44-45-46-47-49-51-53-55-57-59-61-63-65-67-74(77)83-72(71-82-84(78,79)81-69-68-75(3,4)5)70-80-73(76)66-64-62-60-58-56-54-52-50-48-25-23-21-19-17-15-13-11-9-7-2/h15,17-18,20-21,23-24,26,72H,6-14,16,19,22,25,27-71H2,1-5H3/b17-15-,20-18-,23-21-,26-24-. The average Bonchev–Trinajstić information content (AvgIpc) is 3.46. The molecular weight excluding hydrogens is 1060 g/mol. The molecule has 0 N–H and O–H groups in total. The smallest absolute Gasteiger partial charge is 0.306 e. The molecule has 0 saturated carbocycles. The highest BCUT2D eigenvalue weighted by molar-refractivity contribution is 7.45. The fourth-order valence-electron chi connectivity index (χ4n) is 10.7. The molecule has 0 heterocycles. The summed E-state index contributed by atoms with van der Waals surface area (Å²) in [5.74, 6) is -0.821. The van der Waals surface area contributed by atoms with Gasteiger partial charge in [0.25, 0.3) is 7.82 Å². The summed E-state index contributed by atoms with van der Waals surface area (Å²) in [6.07, 6.45) is 85.1. The van der Waals surface area contributed by atoms with E-state index in [9.17, 15) is 19.0 Å². The van der Waals surface area contributed by atoms with E-state index in [1.807, 2.05) is 21.1 Å². The molecule has 494 valence electrons. The quantitative estimate of drug-likeness (QED) is 0.0195. The SMILES string of the molecule is CCCCC/C=C\C/C=C\CCCCCCCCCCCC(=O)OCC(COP(=O)([O-])OCC[N+](C)(C)C)OC(=O)CCCCCCCCCCCCCCCCCCCCCCCCCCCCCCC/C=C\C/C=C\CCCCCCC.